The molecule has 0 aromatic carbocycles. The molecule has 0 radical (unpaired) electrons. The van der Waals surface area contributed by atoms with E-state index < -0.39 is 27.4 Å². The first-order chi connectivity index (χ1) is 7.82. The maximum absolute atomic E-state index is 12.5. The lowest BCUT2D eigenvalue weighted by Gasteiger charge is -2.23. The van der Waals surface area contributed by atoms with Crippen molar-refractivity contribution in [1.29, 1.82) is 0 Å². The fraction of sp³-hybridized carbons (Fsp3) is 0.800. The topological polar surface area (TPSA) is 77.5 Å². The molecule has 1 saturated carbocycles. The Labute approximate surface area is 99.5 Å². The maximum atomic E-state index is 12.5. The van der Waals surface area contributed by atoms with Crippen LogP contribution in [0, 0.1) is 5.41 Å². The van der Waals surface area contributed by atoms with E-state index in [2.05, 4.69) is 0 Å². The molecule has 1 aliphatic carbocycles. The number of hydrogen-bond acceptors (Lipinski definition) is 5. The van der Waals surface area contributed by atoms with E-state index in [0.717, 1.165) is 0 Å². The largest absolute Gasteiger partial charge is 0.465 e. The van der Waals surface area contributed by atoms with Gasteiger partial charge >= 0.3 is 16.2 Å². The van der Waals surface area contributed by atoms with Gasteiger partial charge in [-0.3, -0.25) is 9.59 Å². The highest BCUT2D eigenvalue weighted by molar-refractivity contribution is 7.86. The van der Waals surface area contributed by atoms with Gasteiger partial charge in [-0.15, -0.1) is 3.89 Å². The summed E-state index contributed by atoms with van der Waals surface area (Å²) in [4.78, 5) is 23.4. The molecule has 1 unspecified atom stereocenters. The summed E-state index contributed by atoms with van der Waals surface area (Å²) in [5.41, 5.74) is -1.45. The number of halogens is 1. The second kappa shape index (κ2) is 5.12. The number of ether oxygens (including phenoxy) is 1. The van der Waals surface area contributed by atoms with Crippen molar-refractivity contribution in [3.8, 4) is 0 Å². The molecule has 7 heteroatoms. The standard InChI is InChI=1S/C10H15FO5S/c1-2-16-9(13)10(5-3-4-8(10)12)6-7-17(11,14)15/h2-7H2,1H3. The lowest BCUT2D eigenvalue weighted by Crippen LogP contribution is -2.38. The van der Waals surface area contributed by atoms with Crippen molar-refractivity contribution in [2.24, 2.45) is 5.41 Å². The van der Waals surface area contributed by atoms with Crippen LogP contribution in [0.25, 0.3) is 0 Å². The average Bonchev–Trinajstić information content (AvgIpc) is 2.57. The van der Waals surface area contributed by atoms with Gasteiger partial charge in [0.1, 0.15) is 11.2 Å². The Morgan fingerprint density at radius 1 is 1.53 bits per heavy atom. The number of hydrogen-bond donors (Lipinski definition) is 0. The maximum Gasteiger partial charge on any atom is 0.319 e. The SMILES string of the molecule is CCOC(=O)C1(CCS(=O)(=O)F)CCCC1=O. The van der Waals surface area contributed by atoms with Crippen molar-refractivity contribution in [1.82, 2.24) is 0 Å². The van der Waals surface area contributed by atoms with Crippen molar-refractivity contribution in [3.63, 3.8) is 0 Å². The lowest BCUT2D eigenvalue weighted by molar-refractivity contribution is -0.158. The molecular weight excluding hydrogens is 251 g/mol. The smallest absolute Gasteiger partial charge is 0.319 e. The van der Waals surface area contributed by atoms with Gasteiger partial charge in [-0.05, 0) is 26.2 Å². The van der Waals surface area contributed by atoms with Crippen molar-refractivity contribution in [3.05, 3.63) is 0 Å². The molecule has 1 fully saturated rings. The van der Waals surface area contributed by atoms with Crippen LogP contribution in [-0.4, -0.2) is 32.5 Å². The minimum Gasteiger partial charge on any atom is -0.465 e. The first-order valence-electron chi connectivity index (χ1n) is 5.45. The molecule has 1 rings (SSSR count). The fourth-order valence-electron chi connectivity index (χ4n) is 2.08. The number of carbonyl (C=O) groups excluding carboxylic acids is 2. The van der Waals surface area contributed by atoms with Gasteiger partial charge in [0.25, 0.3) is 0 Å². The summed E-state index contributed by atoms with van der Waals surface area (Å²) in [5.74, 6) is -1.90. The highest BCUT2D eigenvalue weighted by Crippen LogP contribution is 2.39. The summed E-state index contributed by atoms with van der Waals surface area (Å²) in [6.07, 6.45) is 0.624. The minimum absolute atomic E-state index is 0.107. The molecule has 98 valence electrons. The third-order valence-electron chi connectivity index (χ3n) is 2.98. The quantitative estimate of drug-likeness (QED) is 0.421. The van der Waals surface area contributed by atoms with E-state index in [1.54, 1.807) is 6.92 Å². The third-order valence-corrected chi connectivity index (χ3v) is 3.67. The summed E-state index contributed by atoms with van der Waals surface area (Å²) in [7, 11) is -4.68. The number of carbonyl (C=O) groups is 2. The highest BCUT2D eigenvalue weighted by Gasteiger charge is 2.50. The van der Waals surface area contributed by atoms with Crippen LogP contribution in [-0.2, 0) is 24.5 Å². The lowest BCUT2D eigenvalue weighted by atomic mass is 9.82. The van der Waals surface area contributed by atoms with Crippen molar-refractivity contribution >= 4 is 22.0 Å². The number of rotatable bonds is 5. The van der Waals surface area contributed by atoms with E-state index in [9.17, 15) is 21.9 Å². The molecule has 17 heavy (non-hydrogen) atoms. The minimum atomic E-state index is -4.68. The Bertz CT molecular complexity index is 416. The zero-order chi connectivity index (χ0) is 13.1. The van der Waals surface area contributed by atoms with Crippen LogP contribution in [0.5, 0.6) is 0 Å². The van der Waals surface area contributed by atoms with Gasteiger partial charge in [0.05, 0.1) is 12.4 Å². The zero-order valence-electron chi connectivity index (χ0n) is 9.57. The van der Waals surface area contributed by atoms with E-state index in [4.69, 9.17) is 4.74 Å². The molecule has 0 amide bonds. The van der Waals surface area contributed by atoms with Gasteiger partial charge in [-0.25, -0.2) is 0 Å². The Morgan fingerprint density at radius 3 is 2.59 bits per heavy atom. The molecule has 0 aromatic rings. The van der Waals surface area contributed by atoms with E-state index in [1.165, 1.54) is 0 Å². The van der Waals surface area contributed by atoms with E-state index in [-0.39, 0.29) is 31.7 Å². The average molecular weight is 266 g/mol. The zero-order valence-corrected chi connectivity index (χ0v) is 10.4. The first-order valence-corrected chi connectivity index (χ1v) is 7.00. The number of Topliss-reactive ketones (excluding diaryl/α,β-unsaturated/α-hetero) is 1. The van der Waals surface area contributed by atoms with Crippen LogP contribution in [0.2, 0.25) is 0 Å². The van der Waals surface area contributed by atoms with Crippen molar-refractivity contribution < 1.29 is 26.6 Å². The predicted molar refractivity (Wildman–Crippen MR) is 57.4 cm³/mol. The van der Waals surface area contributed by atoms with Gasteiger partial charge in [-0.2, -0.15) is 8.42 Å². The van der Waals surface area contributed by atoms with E-state index >= 15 is 0 Å². The third kappa shape index (κ3) is 3.24. The van der Waals surface area contributed by atoms with Crippen LogP contribution in [0.3, 0.4) is 0 Å². The molecule has 0 heterocycles. The van der Waals surface area contributed by atoms with Crippen LogP contribution in [0.1, 0.15) is 32.6 Å². The molecule has 0 aromatic heterocycles. The second-order valence-electron chi connectivity index (χ2n) is 4.07. The molecule has 1 aliphatic rings. The van der Waals surface area contributed by atoms with E-state index in [0.29, 0.717) is 6.42 Å². The Kier molecular flexibility index (Phi) is 4.24. The van der Waals surface area contributed by atoms with Gasteiger partial charge in [0.2, 0.25) is 0 Å². The normalized spacial score (nSPS) is 24.9. The highest BCUT2D eigenvalue weighted by atomic mass is 32.3. The molecule has 0 aliphatic heterocycles. The first kappa shape index (κ1) is 14.1. The van der Waals surface area contributed by atoms with Crippen molar-refractivity contribution in [2.75, 3.05) is 12.4 Å². The summed E-state index contributed by atoms with van der Waals surface area (Å²) in [5, 5.41) is 0. The molecule has 0 bridgehead atoms. The Morgan fingerprint density at radius 2 is 2.18 bits per heavy atom. The van der Waals surface area contributed by atoms with Gasteiger partial charge in [0.15, 0.2) is 0 Å². The Balaban J connectivity index is 2.87. The van der Waals surface area contributed by atoms with Gasteiger partial charge in [-0.1, -0.05) is 0 Å². The molecule has 0 spiro atoms. The Hall–Kier alpha value is -0.980. The number of esters is 1. The fourth-order valence-corrected chi connectivity index (χ4v) is 2.67. The predicted octanol–water partition coefficient (Wildman–Crippen LogP) is 0.978. The van der Waals surface area contributed by atoms with Crippen LogP contribution in [0.15, 0.2) is 0 Å². The second-order valence-corrected chi connectivity index (χ2v) is 5.56. The van der Waals surface area contributed by atoms with Crippen LogP contribution >= 0.6 is 0 Å². The molecule has 0 N–H and O–H groups in total. The van der Waals surface area contributed by atoms with Crippen LogP contribution in [0.4, 0.5) is 3.89 Å². The van der Waals surface area contributed by atoms with Crippen LogP contribution < -0.4 is 0 Å². The van der Waals surface area contributed by atoms with Gasteiger partial charge in [0, 0.05) is 6.42 Å². The summed E-state index contributed by atoms with van der Waals surface area (Å²) in [6, 6.07) is 0. The summed E-state index contributed by atoms with van der Waals surface area (Å²) in [6.45, 7) is 1.70. The van der Waals surface area contributed by atoms with E-state index in [1.807, 2.05) is 0 Å². The van der Waals surface area contributed by atoms with Gasteiger partial charge < -0.3 is 4.74 Å². The summed E-state index contributed by atoms with van der Waals surface area (Å²) < 4.78 is 38.3. The molecular formula is C10H15FO5S. The number of ketones is 1. The van der Waals surface area contributed by atoms with Crippen molar-refractivity contribution in [2.45, 2.75) is 32.6 Å². The molecule has 0 saturated heterocycles. The molecule has 5 nitrogen and oxygen atoms in total. The summed E-state index contributed by atoms with van der Waals surface area (Å²) >= 11 is 0. The monoisotopic (exact) mass is 266 g/mol. The molecule has 1 atom stereocenters.